The van der Waals surface area contributed by atoms with Gasteiger partial charge in [-0.25, -0.2) is 0 Å². The molecule has 2 heterocycles. The number of para-hydroxylation sites is 1. The number of hydrogen-bond donors (Lipinski definition) is 1. The molecule has 0 radical (unpaired) electrons. The van der Waals surface area contributed by atoms with Crippen molar-refractivity contribution < 1.29 is 4.79 Å². The summed E-state index contributed by atoms with van der Waals surface area (Å²) in [4.78, 5) is 14.9. The average Bonchev–Trinajstić information content (AvgIpc) is 3.18. The van der Waals surface area contributed by atoms with Crippen molar-refractivity contribution in [3.63, 3.8) is 0 Å². The van der Waals surface area contributed by atoms with Crippen LogP contribution in [0, 0.1) is 0 Å². The van der Waals surface area contributed by atoms with E-state index in [0.29, 0.717) is 20.9 Å². The van der Waals surface area contributed by atoms with Crippen molar-refractivity contribution in [2.24, 2.45) is 0 Å². The SMILES string of the molecule is O=C(CSc1nnc(CN2CCCCC2)n1-c1ccccc1)Nc1ccc(Cl)c(Cl)c1. The van der Waals surface area contributed by atoms with Crippen LogP contribution in [0.4, 0.5) is 5.69 Å². The maximum absolute atomic E-state index is 12.5. The zero-order chi connectivity index (χ0) is 21.6. The molecule has 3 aromatic rings. The number of likely N-dealkylation sites (tertiary alicyclic amines) is 1. The van der Waals surface area contributed by atoms with E-state index in [1.165, 1.54) is 31.0 Å². The number of aromatic nitrogens is 3. The number of carbonyl (C=O) groups excluding carboxylic acids is 1. The number of hydrogen-bond acceptors (Lipinski definition) is 5. The number of amides is 1. The predicted octanol–water partition coefficient (Wildman–Crippen LogP) is 5.29. The van der Waals surface area contributed by atoms with Gasteiger partial charge in [0.15, 0.2) is 11.0 Å². The fourth-order valence-electron chi connectivity index (χ4n) is 3.55. The maximum Gasteiger partial charge on any atom is 0.234 e. The maximum atomic E-state index is 12.5. The minimum atomic E-state index is -0.149. The number of carbonyl (C=O) groups is 1. The Labute approximate surface area is 195 Å². The van der Waals surface area contributed by atoms with Crippen molar-refractivity contribution in [1.29, 1.82) is 0 Å². The molecular formula is C22H23Cl2N5OS. The van der Waals surface area contributed by atoms with E-state index in [-0.39, 0.29) is 11.7 Å². The Kier molecular flexibility index (Phi) is 7.50. The second-order valence-corrected chi connectivity index (χ2v) is 9.13. The van der Waals surface area contributed by atoms with Gasteiger partial charge in [-0.3, -0.25) is 14.3 Å². The van der Waals surface area contributed by atoms with Crippen LogP contribution in [-0.4, -0.2) is 44.4 Å². The average molecular weight is 476 g/mol. The van der Waals surface area contributed by atoms with Gasteiger partial charge < -0.3 is 5.32 Å². The van der Waals surface area contributed by atoms with E-state index in [1.54, 1.807) is 18.2 Å². The molecule has 1 aliphatic rings. The second-order valence-electron chi connectivity index (χ2n) is 7.37. The number of nitrogens with one attached hydrogen (secondary N) is 1. The molecule has 4 rings (SSSR count). The van der Waals surface area contributed by atoms with E-state index < -0.39 is 0 Å². The van der Waals surface area contributed by atoms with Gasteiger partial charge in [-0.1, -0.05) is 59.6 Å². The summed E-state index contributed by atoms with van der Waals surface area (Å²) in [5.74, 6) is 0.943. The van der Waals surface area contributed by atoms with Crippen LogP contribution >= 0.6 is 35.0 Å². The van der Waals surface area contributed by atoms with Gasteiger partial charge in [0.2, 0.25) is 5.91 Å². The smallest absolute Gasteiger partial charge is 0.234 e. The lowest BCUT2D eigenvalue weighted by molar-refractivity contribution is -0.113. The summed E-state index contributed by atoms with van der Waals surface area (Å²) >= 11 is 13.3. The minimum Gasteiger partial charge on any atom is -0.325 e. The van der Waals surface area contributed by atoms with Crippen LogP contribution < -0.4 is 5.32 Å². The fraction of sp³-hybridized carbons (Fsp3) is 0.318. The number of nitrogens with zero attached hydrogens (tertiary/aromatic N) is 4. The van der Waals surface area contributed by atoms with Gasteiger partial charge in [0, 0.05) is 11.4 Å². The molecule has 2 aromatic carbocycles. The summed E-state index contributed by atoms with van der Waals surface area (Å²) in [6.07, 6.45) is 3.73. The van der Waals surface area contributed by atoms with Crippen LogP contribution in [0.5, 0.6) is 0 Å². The number of thioether (sulfide) groups is 1. The van der Waals surface area contributed by atoms with E-state index in [1.807, 2.05) is 34.9 Å². The van der Waals surface area contributed by atoms with Gasteiger partial charge in [0.25, 0.3) is 0 Å². The van der Waals surface area contributed by atoms with Gasteiger partial charge in [-0.05, 0) is 56.3 Å². The Morgan fingerprint density at radius 1 is 1.00 bits per heavy atom. The standard InChI is InChI=1S/C22H23Cl2N5OS/c23-18-10-9-16(13-19(18)24)25-21(30)15-31-22-27-26-20(14-28-11-5-2-6-12-28)29(22)17-7-3-1-4-8-17/h1,3-4,7-10,13H,2,5-6,11-12,14-15H2,(H,25,30). The van der Waals surface area contributed by atoms with Gasteiger partial charge in [-0.2, -0.15) is 0 Å². The van der Waals surface area contributed by atoms with Gasteiger partial charge in [-0.15, -0.1) is 10.2 Å². The van der Waals surface area contributed by atoms with E-state index in [2.05, 4.69) is 20.4 Å². The van der Waals surface area contributed by atoms with Gasteiger partial charge >= 0.3 is 0 Å². The number of rotatable bonds is 7. The van der Waals surface area contributed by atoms with Crippen molar-refractivity contribution in [3.8, 4) is 5.69 Å². The first-order valence-corrected chi connectivity index (χ1v) is 11.9. The van der Waals surface area contributed by atoms with Crippen LogP contribution in [0.25, 0.3) is 5.69 Å². The lowest BCUT2D eigenvalue weighted by Gasteiger charge is -2.26. The molecule has 9 heteroatoms. The molecule has 0 saturated carbocycles. The Bertz CT molecular complexity index is 1040. The summed E-state index contributed by atoms with van der Waals surface area (Å²) in [7, 11) is 0. The molecule has 1 fully saturated rings. The van der Waals surface area contributed by atoms with Crippen LogP contribution in [0.2, 0.25) is 10.0 Å². The van der Waals surface area contributed by atoms with Crippen LogP contribution in [0.3, 0.4) is 0 Å². The van der Waals surface area contributed by atoms with E-state index in [0.717, 1.165) is 31.1 Å². The Morgan fingerprint density at radius 2 is 1.77 bits per heavy atom. The molecule has 162 valence electrons. The molecule has 1 N–H and O–H groups in total. The summed E-state index contributed by atoms with van der Waals surface area (Å²) in [6, 6.07) is 15.0. The fourth-order valence-corrected chi connectivity index (χ4v) is 4.62. The Morgan fingerprint density at radius 3 is 2.52 bits per heavy atom. The molecule has 0 spiro atoms. The molecule has 0 unspecified atom stereocenters. The first-order valence-electron chi connectivity index (χ1n) is 10.2. The predicted molar refractivity (Wildman–Crippen MR) is 126 cm³/mol. The topological polar surface area (TPSA) is 63.1 Å². The van der Waals surface area contributed by atoms with Crippen LogP contribution in [-0.2, 0) is 11.3 Å². The number of piperidine rings is 1. The lowest BCUT2D eigenvalue weighted by Crippen LogP contribution is -2.30. The van der Waals surface area contributed by atoms with Crippen molar-refractivity contribution >= 4 is 46.6 Å². The van der Waals surface area contributed by atoms with Crippen molar-refractivity contribution in [1.82, 2.24) is 19.7 Å². The largest absolute Gasteiger partial charge is 0.325 e. The molecule has 0 atom stereocenters. The molecule has 0 aliphatic carbocycles. The molecular weight excluding hydrogens is 453 g/mol. The number of anilines is 1. The summed E-state index contributed by atoms with van der Waals surface area (Å²) in [6.45, 7) is 2.91. The third kappa shape index (κ3) is 5.80. The van der Waals surface area contributed by atoms with E-state index in [9.17, 15) is 4.79 Å². The number of benzene rings is 2. The molecule has 6 nitrogen and oxygen atoms in total. The summed E-state index contributed by atoms with van der Waals surface area (Å²) < 4.78 is 2.05. The van der Waals surface area contributed by atoms with Crippen molar-refractivity contribution in [2.45, 2.75) is 31.0 Å². The molecule has 31 heavy (non-hydrogen) atoms. The normalized spacial score (nSPS) is 14.5. The zero-order valence-electron chi connectivity index (χ0n) is 16.9. The molecule has 1 aromatic heterocycles. The first-order chi connectivity index (χ1) is 15.1. The minimum absolute atomic E-state index is 0.149. The quantitative estimate of drug-likeness (QED) is 0.470. The van der Waals surface area contributed by atoms with Gasteiger partial charge in [0.05, 0.1) is 22.3 Å². The van der Waals surface area contributed by atoms with E-state index in [4.69, 9.17) is 23.2 Å². The highest BCUT2D eigenvalue weighted by Gasteiger charge is 2.19. The summed E-state index contributed by atoms with van der Waals surface area (Å²) in [5.41, 5.74) is 1.60. The summed E-state index contributed by atoms with van der Waals surface area (Å²) in [5, 5.41) is 13.2. The third-order valence-electron chi connectivity index (χ3n) is 5.06. The molecule has 0 bridgehead atoms. The van der Waals surface area contributed by atoms with Crippen LogP contribution in [0.1, 0.15) is 25.1 Å². The second kappa shape index (κ2) is 10.5. The highest BCUT2D eigenvalue weighted by Crippen LogP contribution is 2.26. The lowest BCUT2D eigenvalue weighted by atomic mass is 10.1. The highest BCUT2D eigenvalue weighted by atomic mass is 35.5. The highest BCUT2D eigenvalue weighted by molar-refractivity contribution is 7.99. The van der Waals surface area contributed by atoms with Gasteiger partial charge in [0.1, 0.15) is 0 Å². The monoisotopic (exact) mass is 475 g/mol. The zero-order valence-corrected chi connectivity index (χ0v) is 19.3. The Hall–Kier alpha value is -2.06. The first kappa shape index (κ1) is 22.1. The van der Waals surface area contributed by atoms with E-state index >= 15 is 0 Å². The van der Waals surface area contributed by atoms with Crippen LogP contribution in [0.15, 0.2) is 53.7 Å². The van der Waals surface area contributed by atoms with Crippen molar-refractivity contribution in [3.05, 3.63) is 64.4 Å². The molecule has 1 saturated heterocycles. The number of halogens is 2. The third-order valence-corrected chi connectivity index (χ3v) is 6.73. The Balaban J connectivity index is 1.48. The molecule has 1 aliphatic heterocycles. The molecule has 1 amide bonds. The van der Waals surface area contributed by atoms with Crippen molar-refractivity contribution in [2.75, 3.05) is 24.2 Å².